The number of nitrogens with two attached hydrogens (primary N) is 1. The number of benzene rings is 2. The summed E-state index contributed by atoms with van der Waals surface area (Å²) >= 11 is 0. The minimum atomic E-state index is -0.772. The van der Waals surface area contributed by atoms with Crippen molar-refractivity contribution in [1.82, 2.24) is 4.90 Å². The molecule has 0 radical (unpaired) electrons. The van der Waals surface area contributed by atoms with Crippen molar-refractivity contribution in [1.29, 1.82) is 0 Å². The Morgan fingerprint density at radius 3 is 2.57 bits per heavy atom. The van der Waals surface area contributed by atoms with Gasteiger partial charge in [0.15, 0.2) is 0 Å². The van der Waals surface area contributed by atoms with Gasteiger partial charge < -0.3 is 20.1 Å². The van der Waals surface area contributed by atoms with E-state index in [0.717, 1.165) is 29.5 Å². The molecule has 1 aliphatic rings. The number of rotatable bonds is 6. The molecule has 2 amide bonds. The third kappa shape index (κ3) is 5.12. The van der Waals surface area contributed by atoms with Crippen molar-refractivity contribution in [2.45, 2.75) is 38.6 Å². The second-order valence-corrected chi connectivity index (χ2v) is 8.12. The molecule has 1 unspecified atom stereocenters. The second-order valence-electron chi connectivity index (χ2n) is 8.12. The van der Waals surface area contributed by atoms with Gasteiger partial charge >= 0.3 is 12.2 Å². The molecule has 0 aromatic heterocycles. The van der Waals surface area contributed by atoms with Crippen molar-refractivity contribution in [3.05, 3.63) is 60.2 Å². The first-order valence-corrected chi connectivity index (χ1v) is 10.3. The Morgan fingerprint density at radius 2 is 1.87 bits per heavy atom. The normalized spacial score (nSPS) is 21.1. The first kappa shape index (κ1) is 21.7. The summed E-state index contributed by atoms with van der Waals surface area (Å²) in [5.41, 5.74) is 8.37. The first-order chi connectivity index (χ1) is 14.4. The van der Waals surface area contributed by atoms with Crippen LogP contribution in [0.25, 0.3) is 11.1 Å². The average Bonchev–Trinajstić information content (AvgIpc) is 2.75. The van der Waals surface area contributed by atoms with E-state index in [2.05, 4.69) is 43.3 Å². The van der Waals surface area contributed by atoms with Crippen LogP contribution in [0.5, 0.6) is 0 Å². The Morgan fingerprint density at radius 1 is 1.13 bits per heavy atom. The van der Waals surface area contributed by atoms with Crippen molar-refractivity contribution in [3.8, 4) is 11.1 Å². The summed E-state index contributed by atoms with van der Waals surface area (Å²) in [5, 5.41) is 0. The van der Waals surface area contributed by atoms with Crippen LogP contribution in [0, 0.1) is 5.41 Å². The van der Waals surface area contributed by atoms with Crippen LogP contribution in [0.2, 0.25) is 0 Å². The Balaban J connectivity index is 1.87. The van der Waals surface area contributed by atoms with E-state index < -0.39 is 6.09 Å². The zero-order chi connectivity index (χ0) is 21.6. The number of amides is 2. The summed E-state index contributed by atoms with van der Waals surface area (Å²) in [7, 11) is 1.41. The van der Waals surface area contributed by atoms with Crippen LogP contribution in [0.4, 0.5) is 9.59 Å². The topological polar surface area (TPSA) is 81.9 Å². The standard InChI is InChI=1S/C24H30N2O4/c1-24(13-15-30-22(25)27)12-7-14-26(23(28)29-2)21(24)17-18-8-6-11-20(16-18)19-9-4-3-5-10-19/h3-6,8-11,16,21H,7,12-15,17H2,1-2H3,(H2,25,27)/t21?,24-/m0/s1. The van der Waals surface area contributed by atoms with Crippen molar-refractivity contribution in [2.75, 3.05) is 20.3 Å². The van der Waals surface area contributed by atoms with E-state index in [-0.39, 0.29) is 24.2 Å². The summed E-state index contributed by atoms with van der Waals surface area (Å²) in [6, 6.07) is 18.6. The smallest absolute Gasteiger partial charge is 0.409 e. The highest BCUT2D eigenvalue weighted by atomic mass is 16.5. The van der Waals surface area contributed by atoms with Gasteiger partial charge in [0.05, 0.1) is 13.7 Å². The molecule has 1 aliphatic heterocycles. The second kappa shape index (κ2) is 9.65. The summed E-state index contributed by atoms with van der Waals surface area (Å²) in [6.07, 6.45) is 2.05. The molecule has 1 saturated heterocycles. The fourth-order valence-electron chi connectivity index (χ4n) is 4.45. The summed E-state index contributed by atoms with van der Waals surface area (Å²) < 4.78 is 10.1. The van der Waals surface area contributed by atoms with Gasteiger partial charge in [0.1, 0.15) is 0 Å². The number of carbonyl (C=O) groups excluding carboxylic acids is 2. The maximum Gasteiger partial charge on any atom is 0.409 e. The van der Waals surface area contributed by atoms with Gasteiger partial charge in [-0.15, -0.1) is 0 Å². The molecule has 0 spiro atoms. The van der Waals surface area contributed by atoms with Gasteiger partial charge in [0.25, 0.3) is 0 Å². The van der Waals surface area contributed by atoms with Crippen LogP contribution < -0.4 is 5.73 Å². The van der Waals surface area contributed by atoms with Gasteiger partial charge in [0.2, 0.25) is 0 Å². The van der Waals surface area contributed by atoms with Crippen LogP contribution >= 0.6 is 0 Å². The predicted octanol–water partition coefficient (Wildman–Crippen LogP) is 4.62. The van der Waals surface area contributed by atoms with Crippen LogP contribution in [0.15, 0.2) is 54.6 Å². The van der Waals surface area contributed by atoms with Crippen molar-refractivity contribution >= 4 is 12.2 Å². The monoisotopic (exact) mass is 410 g/mol. The Bertz CT molecular complexity index is 871. The van der Waals surface area contributed by atoms with Gasteiger partial charge in [-0.05, 0) is 47.8 Å². The molecule has 0 bridgehead atoms. The maximum absolute atomic E-state index is 12.5. The third-order valence-electron chi connectivity index (χ3n) is 6.12. The number of ether oxygens (including phenoxy) is 2. The maximum atomic E-state index is 12.5. The van der Waals surface area contributed by atoms with E-state index in [1.807, 2.05) is 23.1 Å². The Hall–Kier alpha value is -3.02. The molecule has 160 valence electrons. The van der Waals surface area contributed by atoms with Crippen LogP contribution in [0.3, 0.4) is 0 Å². The number of likely N-dealkylation sites (tertiary alicyclic amines) is 1. The molecule has 2 N–H and O–H groups in total. The quantitative estimate of drug-likeness (QED) is 0.753. The van der Waals surface area contributed by atoms with Gasteiger partial charge in [-0.25, -0.2) is 9.59 Å². The van der Waals surface area contributed by atoms with E-state index in [9.17, 15) is 9.59 Å². The Kier molecular flexibility index (Phi) is 6.98. The minimum absolute atomic E-state index is 0.0683. The van der Waals surface area contributed by atoms with Gasteiger partial charge in [-0.2, -0.15) is 0 Å². The third-order valence-corrected chi connectivity index (χ3v) is 6.12. The van der Waals surface area contributed by atoms with Gasteiger partial charge in [0, 0.05) is 12.6 Å². The fourth-order valence-corrected chi connectivity index (χ4v) is 4.45. The molecular formula is C24H30N2O4. The molecular weight excluding hydrogens is 380 g/mol. The molecule has 6 heteroatoms. The van der Waals surface area contributed by atoms with Gasteiger partial charge in [-0.1, -0.05) is 61.5 Å². The van der Waals surface area contributed by atoms with Crippen molar-refractivity contribution < 1.29 is 19.1 Å². The highest BCUT2D eigenvalue weighted by molar-refractivity contribution is 5.68. The van der Waals surface area contributed by atoms with E-state index >= 15 is 0 Å². The molecule has 0 aliphatic carbocycles. The number of hydrogen-bond donors (Lipinski definition) is 1. The predicted molar refractivity (Wildman–Crippen MR) is 116 cm³/mol. The largest absolute Gasteiger partial charge is 0.453 e. The SMILES string of the molecule is COC(=O)N1CCC[C@@](C)(CCOC(N)=O)C1Cc1cccc(-c2ccccc2)c1. The summed E-state index contributed by atoms with van der Waals surface area (Å²) in [5.74, 6) is 0. The summed E-state index contributed by atoms with van der Waals surface area (Å²) in [4.78, 5) is 25.4. The number of primary amides is 1. The average molecular weight is 411 g/mol. The molecule has 3 rings (SSSR count). The zero-order valence-electron chi connectivity index (χ0n) is 17.7. The minimum Gasteiger partial charge on any atom is -0.453 e. The van der Waals surface area contributed by atoms with Crippen LogP contribution in [0.1, 0.15) is 31.7 Å². The lowest BCUT2D eigenvalue weighted by Crippen LogP contribution is -2.54. The number of carbonyl (C=O) groups is 2. The summed E-state index contributed by atoms with van der Waals surface area (Å²) in [6.45, 7) is 3.04. The number of methoxy groups -OCH3 is 1. The van der Waals surface area contributed by atoms with Crippen LogP contribution in [-0.2, 0) is 15.9 Å². The van der Waals surface area contributed by atoms with Crippen molar-refractivity contribution in [2.24, 2.45) is 11.1 Å². The molecule has 30 heavy (non-hydrogen) atoms. The lowest BCUT2D eigenvalue weighted by molar-refractivity contribution is 0.00716. The lowest BCUT2D eigenvalue weighted by Gasteiger charge is -2.48. The molecule has 1 fully saturated rings. The van der Waals surface area contributed by atoms with E-state index in [4.69, 9.17) is 15.2 Å². The number of hydrogen-bond acceptors (Lipinski definition) is 4. The highest BCUT2D eigenvalue weighted by Gasteiger charge is 2.43. The molecule has 2 aromatic carbocycles. The van der Waals surface area contributed by atoms with Crippen molar-refractivity contribution in [3.63, 3.8) is 0 Å². The molecule has 6 nitrogen and oxygen atoms in total. The van der Waals surface area contributed by atoms with Crippen LogP contribution in [-0.4, -0.2) is 43.4 Å². The molecule has 2 atom stereocenters. The molecule has 0 saturated carbocycles. The number of nitrogens with zero attached hydrogens (tertiary/aromatic N) is 1. The van der Waals surface area contributed by atoms with E-state index in [1.54, 1.807) is 0 Å². The van der Waals surface area contributed by atoms with Gasteiger partial charge in [-0.3, -0.25) is 0 Å². The lowest BCUT2D eigenvalue weighted by atomic mass is 9.70. The zero-order valence-corrected chi connectivity index (χ0v) is 17.7. The Labute approximate surface area is 178 Å². The first-order valence-electron chi connectivity index (χ1n) is 10.3. The van der Waals surface area contributed by atoms with E-state index in [0.29, 0.717) is 19.4 Å². The highest BCUT2D eigenvalue weighted by Crippen LogP contribution is 2.41. The number of piperidine rings is 1. The fraction of sp³-hybridized carbons (Fsp3) is 0.417. The van der Waals surface area contributed by atoms with E-state index in [1.165, 1.54) is 7.11 Å². The molecule has 1 heterocycles. The molecule has 2 aromatic rings.